The molecule has 6 heteroatoms. The first-order valence-corrected chi connectivity index (χ1v) is 12.3. The molecule has 0 amide bonds. The molecule has 3 rings (SSSR count). The summed E-state index contributed by atoms with van der Waals surface area (Å²) in [5.74, 6) is 0.362. The standard InChI is InChI=1S/C22H25AsClO4/c1-2-27-22(26)14-28-20-9-7-15-6-8-18(10-17(15)12-20)23-13-21(25)16-4-3-5-19(24)11-16/h3-5,7,9,11-12,18,21,25H,2,6,8,10,13-14H2,1H3. The van der Waals surface area contributed by atoms with Crippen molar-refractivity contribution in [3.8, 4) is 5.75 Å². The molecule has 0 bridgehead atoms. The number of esters is 1. The van der Waals surface area contributed by atoms with E-state index >= 15 is 0 Å². The van der Waals surface area contributed by atoms with Gasteiger partial charge in [-0.25, -0.2) is 0 Å². The van der Waals surface area contributed by atoms with Crippen LogP contribution in [0.4, 0.5) is 0 Å². The van der Waals surface area contributed by atoms with Crippen LogP contribution < -0.4 is 4.74 Å². The topological polar surface area (TPSA) is 55.8 Å². The summed E-state index contributed by atoms with van der Waals surface area (Å²) < 4.78 is 11.1. The average molecular weight is 464 g/mol. The van der Waals surface area contributed by atoms with E-state index in [1.54, 1.807) is 6.92 Å². The van der Waals surface area contributed by atoms with Crippen molar-refractivity contribution in [2.75, 3.05) is 13.2 Å². The van der Waals surface area contributed by atoms with Crippen LogP contribution in [0, 0.1) is 0 Å². The van der Waals surface area contributed by atoms with Crippen molar-refractivity contribution in [2.45, 2.75) is 42.2 Å². The summed E-state index contributed by atoms with van der Waals surface area (Å²) in [6.07, 6.45) is 2.78. The van der Waals surface area contributed by atoms with Gasteiger partial charge < -0.3 is 0 Å². The fourth-order valence-electron chi connectivity index (χ4n) is 3.37. The summed E-state index contributed by atoms with van der Waals surface area (Å²) in [6.45, 7) is 2.08. The van der Waals surface area contributed by atoms with E-state index in [2.05, 4.69) is 12.1 Å². The summed E-state index contributed by atoms with van der Waals surface area (Å²) >= 11 is 6.05. The monoisotopic (exact) mass is 463 g/mol. The fourth-order valence-corrected chi connectivity index (χ4v) is 6.40. The maximum absolute atomic E-state index is 11.5. The first-order chi connectivity index (χ1) is 13.5. The summed E-state index contributed by atoms with van der Waals surface area (Å²) in [7, 11) is 0. The Bertz CT molecular complexity index is 811. The molecule has 0 saturated heterocycles. The van der Waals surface area contributed by atoms with Crippen LogP contribution in [0.3, 0.4) is 0 Å². The molecule has 4 nitrogen and oxygen atoms in total. The van der Waals surface area contributed by atoms with Crippen molar-refractivity contribution in [1.82, 2.24) is 0 Å². The molecule has 2 unspecified atom stereocenters. The zero-order valence-electron chi connectivity index (χ0n) is 15.9. The number of aryl methyl sites for hydroxylation is 1. The van der Waals surface area contributed by atoms with Gasteiger partial charge in [-0.1, -0.05) is 0 Å². The van der Waals surface area contributed by atoms with Gasteiger partial charge in [-0.3, -0.25) is 0 Å². The summed E-state index contributed by atoms with van der Waals surface area (Å²) in [6, 6.07) is 13.6. The van der Waals surface area contributed by atoms with Gasteiger partial charge in [-0.2, -0.15) is 0 Å². The molecule has 0 aromatic heterocycles. The molecule has 149 valence electrons. The van der Waals surface area contributed by atoms with Crippen LogP contribution in [-0.2, 0) is 22.4 Å². The fraction of sp³-hybridized carbons (Fsp3) is 0.409. The third-order valence-corrected chi connectivity index (χ3v) is 8.22. The van der Waals surface area contributed by atoms with Crippen molar-refractivity contribution in [1.29, 1.82) is 0 Å². The van der Waals surface area contributed by atoms with Gasteiger partial charge in [0.2, 0.25) is 0 Å². The first kappa shape index (κ1) is 21.2. The second-order valence-electron chi connectivity index (χ2n) is 6.86. The van der Waals surface area contributed by atoms with Crippen LogP contribution >= 0.6 is 11.6 Å². The van der Waals surface area contributed by atoms with Gasteiger partial charge in [0.05, 0.1) is 0 Å². The van der Waals surface area contributed by atoms with Gasteiger partial charge in [-0.15, -0.1) is 0 Å². The van der Waals surface area contributed by atoms with Crippen LogP contribution in [0.5, 0.6) is 5.75 Å². The molecular formula is C22H25AsClO4. The quantitative estimate of drug-likeness (QED) is 0.465. The van der Waals surface area contributed by atoms with Crippen molar-refractivity contribution < 1.29 is 19.4 Å². The number of ether oxygens (including phenoxy) is 2. The van der Waals surface area contributed by atoms with E-state index in [1.807, 2.05) is 30.3 Å². The van der Waals surface area contributed by atoms with Crippen LogP contribution in [0.15, 0.2) is 42.5 Å². The Hall–Kier alpha value is -1.48. The second-order valence-corrected chi connectivity index (χ2v) is 10.4. The number of hydrogen-bond acceptors (Lipinski definition) is 4. The van der Waals surface area contributed by atoms with E-state index in [-0.39, 0.29) is 28.3 Å². The molecule has 2 aromatic rings. The SMILES string of the molecule is CCOC(=O)COc1ccc2c(c1)CC([As]CC(O)c1cccc(Cl)c1)CC2. The molecule has 2 atom stereocenters. The molecule has 0 spiro atoms. The average Bonchev–Trinajstić information content (AvgIpc) is 2.70. The van der Waals surface area contributed by atoms with E-state index in [0.717, 1.165) is 30.0 Å². The Balaban J connectivity index is 1.54. The minimum absolute atomic E-state index is 0.0221. The molecule has 1 N–H and O–H groups in total. The van der Waals surface area contributed by atoms with Crippen LogP contribution in [0.2, 0.25) is 14.9 Å². The second kappa shape index (κ2) is 10.3. The van der Waals surface area contributed by atoms with Gasteiger partial charge in [0.15, 0.2) is 0 Å². The summed E-state index contributed by atoms with van der Waals surface area (Å²) in [5, 5.41) is 12.0. The predicted molar refractivity (Wildman–Crippen MR) is 111 cm³/mol. The van der Waals surface area contributed by atoms with Gasteiger partial charge in [0, 0.05) is 0 Å². The zero-order chi connectivity index (χ0) is 19.9. The Morgan fingerprint density at radius 2 is 2.14 bits per heavy atom. The third kappa shape index (κ3) is 6.01. The Kier molecular flexibility index (Phi) is 7.84. The first-order valence-electron chi connectivity index (χ1n) is 9.55. The normalized spacial score (nSPS) is 17.3. The number of rotatable bonds is 8. The molecule has 1 radical (unpaired) electrons. The van der Waals surface area contributed by atoms with Crippen LogP contribution in [0.25, 0.3) is 0 Å². The summed E-state index contributed by atoms with van der Waals surface area (Å²) in [4.78, 5) is 11.5. The Morgan fingerprint density at radius 1 is 1.29 bits per heavy atom. The molecule has 1 aliphatic rings. The van der Waals surface area contributed by atoms with Crippen molar-refractivity contribution >= 4 is 33.3 Å². The molecule has 0 fully saturated rings. The number of benzene rings is 2. The van der Waals surface area contributed by atoms with Gasteiger partial charge in [0.25, 0.3) is 0 Å². The number of hydrogen-bond donors (Lipinski definition) is 1. The molecular weight excluding hydrogens is 439 g/mol. The Labute approximate surface area is 177 Å². The number of carbonyl (C=O) groups is 1. The maximum atomic E-state index is 11.5. The van der Waals surface area contributed by atoms with E-state index in [9.17, 15) is 9.90 Å². The van der Waals surface area contributed by atoms with Crippen LogP contribution in [0.1, 0.15) is 36.1 Å². The zero-order valence-corrected chi connectivity index (χ0v) is 18.6. The Morgan fingerprint density at radius 3 is 2.93 bits per heavy atom. The summed E-state index contributed by atoms with van der Waals surface area (Å²) in [5.41, 5.74) is 3.55. The predicted octanol–water partition coefficient (Wildman–Crippen LogP) is 4.42. The van der Waals surface area contributed by atoms with E-state index in [4.69, 9.17) is 21.1 Å². The van der Waals surface area contributed by atoms with Gasteiger partial charge in [0.1, 0.15) is 0 Å². The molecule has 2 aromatic carbocycles. The van der Waals surface area contributed by atoms with Gasteiger partial charge >= 0.3 is 178 Å². The van der Waals surface area contributed by atoms with Crippen LogP contribution in [-0.4, -0.2) is 40.0 Å². The molecule has 0 saturated carbocycles. The van der Waals surface area contributed by atoms with Crippen molar-refractivity contribution in [3.05, 3.63) is 64.2 Å². The molecule has 1 aliphatic carbocycles. The number of fused-ring (bicyclic) bond motifs is 1. The van der Waals surface area contributed by atoms with Gasteiger partial charge in [-0.05, 0) is 0 Å². The van der Waals surface area contributed by atoms with E-state index in [0.29, 0.717) is 22.1 Å². The number of carbonyl (C=O) groups excluding carboxylic acids is 1. The number of aliphatic hydroxyl groups is 1. The van der Waals surface area contributed by atoms with E-state index < -0.39 is 6.10 Å². The molecule has 28 heavy (non-hydrogen) atoms. The molecule has 0 aliphatic heterocycles. The minimum atomic E-state index is -0.445. The molecule has 0 heterocycles. The van der Waals surface area contributed by atoms with E-state index in [1.165, 1.54) is 11.1 Å². The third-order valence-electron chi connectivity index (χ3n) is 4.81. The van der Waals surface area contributed by atoms with Crippen molar-refractivity contribution in [2.24, 2.45) is 0 Å². The van der Waals surface area contributed by atoms with Crippen molar-refractivity contribution in [3.63, 3.8) is 0 Å². The number of halogens is 1. The number of aliphatic hydroxyl groups excluding tert-OH is 1.